The van der Waals surface area contributed by atoms with Gasteiger partial charge in [-0.3, -0.25) is 0 Å². The van der Waals surface area contributed by atoms with Crippen LogP contribution < -0.4 is 10.5 Å². The van der Waals surface area contributed by atoms with E-state index in [0.717, 1.165) is 24.1 Å². The van der Waals surface area contributed by atoms with Gasteiger partial charge in [0.15, 0.2) is 5.65 Å². The Bertz CT molecular complexity index is 616. The van der Waals surface area contributed by atoms with E-state index in [0.29, 0.717) is 11.7 Å². The van der Waals surface area contributed by atoms with Gasteiger partial charge in [0.05, 0.1) is 12.8 Å². The third kappa shape index (κ3) is 1.79. The summed E-state index contributed by atoms with van der Waals surface area (Å²) in [6, 6.07) is 0.433. The van der Waals surface area contributed by atoms with Crippen LogP contribution in [0.25, 0.3) is 16.7 Å². The number of anilines is 1. The van der Waals surface area contributed by atoms with Crippen molar-refractivity contribution in [2.45, 2.75) is 25.7 Å². The summed E-state index contributed by atoms with van der Waals surface area (Å²) in [6.45, 7) is 0. The SMILES string of the molecule is COc1nc2nc(N)nc(C3=CCCCC3)c2[nH]1. The summed E-state index contributed by atoms with van der Waals surface area (Å²) < 4.78 is 5.09. The fourth-order valence-corrected chi connectivity index (χ4v) is 2.28. The Balaban J connectivity index is 2.20. The molecule has 0 aliphatic heterocycles. The number of hydrogen-bond acceptors (Lipinski definition) is 5. The largest absolute Gasteiger partial charge is 0.468 e. The second-order valence-electron chi connectivity index (χ2n) is 4.35. The zero-order chi connectivity index (χ0) is 12.5. The monoisotopic (exact) mass is 245 g/mol. The van der Waals surface area contributed by atoms with Gasteiger partial charge < -0.3 is 15.5 Å². The summed E-state index contributed by atoms with van der Waals surface area (Å²) in [5.41, 5.74) is 9.16. The highest BCUT2D eigenvalue weighted by molar-refractivity contribution is 5.86. The van der Waals surface area contributed by atoms with Gasteiger partial charge in [0.1, 0.15) is 5.52 Å². The normalized spacial score (nSPS) is 15.7. The topological polar surface area (TPSA) is 89.7 Å². The third-order valence-corrected chi connectivity index (χ3v) is 3.14. The minimum Gasteiger partial charge on any atom is -0.468 e. The van der Waals surface area contributed by atoms with E-state index in [1.54, 1.807) is 7.11 Å². The van der Waals surface area contributed by atoms with Gasteiger partial charge in [-0.2, -0.15) is 9.97 Å². The van der Waals surface area contributed by atoms with Crippen molar-refractivity contribution in [1.82, 2.24) is 19.9 Å². The number of nitrogens with one attached hydrogen (secondary N) is 1. The van der Waals surface area contributed by atoms with Gasteiger partial charge in [0.25, 0.3) is 6.01 Å². The summed E-state index contributed by atoms with van der Waals surface area (Å²) in [6.07, 6.45) is 6.75. The maximum absolute atomic E-state index is 5.74. The van der Waals surface area contributed by atoms with Crippen LogP contribution in [0.4, 0.5) is 5.95 Å². The Kier molecular flexibility index (Phi) is 2.62. The number of imidazole rings is 1. The van der Waals surface area contributed by atoms with E-state index < -0.39 is 0 Å². The third-order valence-electron chi connectivity index (χ3n) is 3.14. The van der Waals surface area contributed by atoms with Crippen molar-refractivity contribution in [2.75, 3.05) is 12.8 Å². The highest BCUT2D eigenvalue weighted by Gasteiger charge is 2.16. The smallest absolute Gasteiger partial charge is 0.295 e. The number of allylic oxidation sites excluding steroid dienone is 2. The first-order valence-corrected chi connectivity index (χ1v) is 6.04. The zero-order valence-corrected chi connectivity index (χ0v) is 10.2. The summed E-state index contributed by atoms with van der Waals surface area (Å²) in [7, 11) is 1.56. The number of nitrogens with two attached hydrogens (primary N) is 1. The molecular weight excluding hydrogens is 230 g/mol. The van der Waals surface area contributed by atoms with E-state index in [9.17, 15) is 0 Å². The van der Waals surface area contributed by atoms with Crippen molar-refractivity contribution in [3.05, 3.63) is 11.8 Å². The van der Waals surface area contributed by atoms with Crippen molar-refractivity contribution in [2.24, 2.45) is 0 Å². The lowest BCUT2D eigenvalue weighted by molar-refractivity contribution is 0.385. The molecule has 2 heterocycles. The zero-order valence-electron chi connectivity index (χ0n) is 10.2. The summed E-state index contributed by atoms with van der Waals surface area (Å²) in [5, 5.41) is 0. The Hall–Kier alpha value is -2.11. The number of nitrogens with zero attached hydrogens (tertiary/aromatic N) is 3. The summed E-state index contributed by atoms with van der Waals surface area (Å²) >= 11 is 0. The molecule has 6 nitrogen and oxygen atoms in total. The van der Waals surface area contributed by atoms with Crippen LogP contribution in [0.5, 0.6) is 6.01 Å². The molecule has 0 aromatic carbocycles. The highest BCUT2D eigenvalue weighted by atomic mass is 16.5. The number of nitrogen functional groups attached to an aromatic ring is 1. The Morgan fingerprint density at radius 3 is 2.89 bits per heavy atom. The number of ether oxygens (including phenoxy) is 1. The van der Waals surface area contributed by atoms with Gasteiger partial charge in [0.2, 0.25) is 5.95 Å². The molecule has 0 saturated carbocycles. The highest BCUT2D eigenvalue weighted by Crippen LogP contribution is 2.30. The van der Waals surface area contributed by atoms with E-state index >= 15 is 0 Å². The standard InChI is InChI=1S/C12H15N5O/c1-18-12-15-9-8(7-5-3-2-4-6-7)14-11(13)16-10(9)17-12/h5H,2-4,6H2,1H3,(H3,13,14,15,16,17). The van der Waals surface area contributed by atoms with Crippen molar-refractivity contribution in [3.8, 4) is 6.01 Å². The average Bonchev–Trinajstić information content (AvgIpc) is 2.81. The molecule has 1 aliphatic rings. The van der Waals surface area contributed by atoms with Crippen LogP contribution in [-0.2, 0) is 0 Å². The molecule has 18 heavy (non-hydrogen) atoms. The van der Waals surface area contributed by atoms with Gasteiger partial charge in [-0.25, -0.2) is 4.98 Å². The number of aromatic amines is 1. The molecule has 2 aromatic heterocycles. The van der Waals surface area contributed by atoms with Crippen LogP contribution >= 0.6 is 0 Å². The van der Waals surface area contributed by atoms with E-state index in [1.807, 2.05) is 0 Å². The first-order chi connectivity index (χ1) is 8.78. The first kappa shape index (κ1) is 11.0. The molecule has 0 bridgehead atoms. The number of hydrogen-bond donors (Lipinski definition) is 2. The second kappa shape index (κ2) is 4.29. The predicted molar refractivity (Wildman–Crippen MR) is 69.1 cm³/mol. The van der Waals surface area contributed by atoms with E-state index in [-0.39, 0.29) is 5.95 Å². The minimum absolute atomic E-state index is 0.248. The molecule has 2 aromatic rings. The van der Waals surface area contributed by atoms with E-state index in [1.165, 1.54) is 18.4 Å². The molecular formula is C12H15N5O. The van der Waals surface area contributed by atoms with E-state index in [4.69, 9.17) is 10.5 Å². The van der Waals surface area contributed by atoms with Crippen molar-refractivity contribution >= 4 is 22.7 Å². The fourth-order valence-electron chi connectivity index (χ4n) is 2.28. The summed E-state index contributed by atoms with van der Waals surface area (Å²) in [4.78, 5) is 15.8. The maximum atomic E-state index is 5.74. The van der Waals surface area contributed by atoms with Gasteiger partial charge in [0, 0.05) is 0 Å². The number of H-pyrrole nitrogens is 1. The average molecular weight is 245 g/mol. The molecule has 6 heteroatoms. The molecule has 94 valence electrons. The van der Waals surface area contributed by atoms with Crippen LogP contribution in [0.15, 0.2) is 6.08 Å². The maximum Gasteiger partial charge on any atom is 0.295 e. The first-order valence-electron chi connectivity index (χ1n) is 6.04. The second-order valence-corrected chi connectivity index (χ2v) is 4.35. The molecule has 3 rings (SSSR count). The molecule has 3 N–H and O–H groups in total. The lowest BCUT2D eigenvalue weighted by Gasteiger charge is -2.12. The van der Waals surface area contributed by atoms with Crippen LogP contribution in [0.2, 0.25) is 0 Å². The van der Waals surface area contributed by atoms with Crippen LogP contribution in [-0.4, -0.2) is 27.0 Å². The number of rotatable bonds is 2. The molecule has 0 atom stereocenters. The van der Waals surface area contributed by atoms with Crippen molar-refractivity contribution < 1.29 is 4.74 Å². The quantitative estimate of drug-likeness (QED) is 0.843. The minimum atomic E-state index is 0.248. The van der Waals surface area contributed by atoms with Gasteiger partial charge in [-0.05, 0) is 31.3 Å². The lowest BCUT2D eigenvalue weighted by atomic mass is 9.96. The van der Waals surface area contributed by atoms with Crippen molar-refractivity contribution in [3.63, 3.8) is 0 Å². The lowest BCUT2D eigenvalue weighted by Crippen LogP contribution is -2.02. The van der Waals surface area contributed by atoms with E-state index in [2.05, 4.69) is 26.0 Å². The van der Waals surface area contributed by atoms with Crippen LogP contribution in [0.3, 0.4) is 0 Å². The number of fused-ring (bicyclic) bond motifs is 1. The number of methoxy groups -OCH3 is 1. The van der Waals surface area contributed by atoms with Crippen molar-refractivity contribution in [1.29, 1.82) is 0 Å². The fraction of sp³-hybridized carbons (Fsp3) is 0.417. The Morgan fingerprint density at radius 2 is 2.17 bits per heavy atom. The molecule has 0 unspecified atom stereocenters. The molecule has 0 amide bonds. The van der Waals surface area contributed by atoms with Gasteiger partial charge >= 0.3 is 0 Å². The Labute approximate surface area is 104 Å². The van der Waals surface area contributed by atoms with Gasteiger partial charge in [-0.15, -0.1) is 0 Å². The van der Waals surface area contributed by atoms with Crippen LogP contribution in [0, 0.1) is 0 Å². The van der Waals surface area contributed by atoms with Crippen LogP contribution in [0.1, 0.15) is 31.4 Å². The summed E-state index contributed by atoms with van der Waals surface area (Å²) in [5.74, 6) is 0.248. The Morgan fingerprint density at radius 1 is 1.28 bits per heavy atom. The predicted octanol–water partition coefficient (Wildman–Crippen LogP) is 1.90. The number of aromatic nitrogens is 4. The van der Waals surface area contributed by atoms with Gasteiger partial charge in [-0.1, -0.05) is 6.08 Å². The molecule has 0 fully saturated rings. The molecule has 0 saturated heterocycles. The molecule has 0 radical (unpaired) electrons. The molecule has 1 aliphatic carbocycles. The molecule has 0 spiro atoms.